The Balaban J connectivity index is 2.78. The van der Waals surface area contributed by atoms with E-state index in [0.717, 1.165) is 44.6 Å². The summed E-state index contributed by atoms with van der Waals surface area (Å²) in [6, 6.07) is 10.4. The van der Waals surface area contributed by atoms with Crippen LogP contribution in [0.15, 0.2) is 42.5 Å². The summed E-state index contributed by atoms with van der Waals surface area (Å²) in [6.45, 7) is 15.3. The van der Waals surface area contributed by atoms with Gasteiger partial charge in [0.15, 0.2) is 0 Å². The Morgan fingerprint density at radius 3 is 2.32 bits per heavy atom. The van der Waals surface area contributed by atoms with Gasteiger partial charge in [-0.05, 0) is 45.3 Å². The first-order chi connectivity index (χ1) is 12.1. The molecule has 3 heteroatoms. The van der Waals surface area contributed by atoms with Crippen molar-refractivity contribution in [1.82, 2.24) is 4.90 Å². The molecule has 0 heterocycles. The van der Waals surface area contributed by atoms with Crippen LogP contribution in [0, 0.1) is 0 Å². The van der Waals surface area contributed by atoms with Crippen LogP contribution in [0.4, 0.5) is 0 Å². The van der Waals surface area contributed by atoms with Crippen LogP contribution < -0.4 is 0 Å². The Bertz CT molecular complexity index is 468. The van der Waals surface area contributed by atoms with E-state index in [1.54, 1.807) is 0 Å². The second kappa shape index (κ2) is 12.2. The lowest BCUT2D eigenvalue weighted by atomic mass is 9.93. The SMILES string of the molecule is CC/C=C/C(COCCCN(CC)CC)(OC(C)C)c1ccccc1. The van der Waals surface area contributed by atoms with Gasteiger partial charge in [-0.1, -0.05) is 63.3 Å². The van der Waals surface area contributed by atoms with Gasteiger partial charge in [-0.15, -0.1) is 0 Å². The maximum atomic E-state index is 6.37. The molecule has 1 aromatic rings. The minimum atomic E-state index is -0.513. The van der Waals surface area contributed by atoms with Crippen molar-refractivity contribution < 1.29 is 9.47 Å². The fourth-order valence-corrected chi connectivity index (χ4v) is 2.97. The Kier molecular flexibility index (Phi) is 10.7. The molecule has 25 heavy (non-hydrogen) atoms. The maximum Gasteiger partial charge on any atom is 0.135 e. The van der Waals surface area contributed by atoms with Crippen LogP contribution in [-0.2, 0) is 15.1 Å². The molecule has 1 rings (SSSR count). The molecule has 0 aliphatic rings. The van der Waals surface area contributed by atoms with E-state index in [9.17, 15) is 0 Å². The molecule has 0 bridgehead atoms. The molecule has 1 aromatic carbocycles. The summed E-state index contributed by atoms with van der Waals surface area (Å²) in [5.74, 6) is 0. The van der Waals surface area contributed by atoms with Gasteiger partial charge in [-0.3, -0.25) is 0 Å². The number of rotatable bonds is 13. The van der Waals surface area contributed by atoms with Gasteiger partial charge in [-0.2, -0.15) is 0 Å². The summed E-state index contributed by atoms with van der Waals surface area (Å²) >= 11 is 0. The highest BCUT2D eigenvalue weighted by molar-refractivity contribution is 5.28. The molecule has 0 saturated carbocycles. The lowest BCUT2D eigenvalue weighted by Crippen LogP contribution is -2.36. The van der Waals surface area contributed by atoms with Crippen LogP contribution in [0.5, 0.6) is 0 Å². The molecule has 0 amide bonds. The van der Waals surface area contributed by atoms with Crippen LogP contribution in [-0.4, -0.2) is 43.9 Å². The van der Waals surface area contributed by atoms with E-state index in [2.05, 4.69) is 75.9 Å². The highest BCUT2D eigenvalue weighted by Crippen LogP contribution is 2.30. The molecular weight excluding hydrogens is 310 g/mol. The monoisotopic (exact) mass is 347 g/mol. The van der Waals surface area contributed by atoms with E-state index in [1.165, 1.54) is 0 Å². The predicted octanol–water partition coefficient (Wildman–Crippen LogP) is 5.02. The molecule has 142 valence electrons. The van der Waals surface area contributed by atoms with Gasteiger partial charge in [0, 0.05) is 13.2 Å². The molecule has 0 fully saturated rings. The van der Waals surface area contributed by atoms with Crippen molar-refractivity contribution >= 4 is 0 Å². The van der Waals surface area contributed by atoms with E-state index in [1.807, 2.05) is 6.07 Å². The zero-order valence-corrected chi connectivity index (χ0v) is 16.8. The van der Waals surface area contributed by atoms with Gasteiger partial charge in [0.05, 0.1) is 12.7 Å². The summed E-state index contributed by atoms with van der Waals surface area (Å²) in [5, 5.41) is 0. The Morgan fingerprint density at radius 2 is 1.76 bits per heavy atom. The minimum absolute atomic E-state index is 0.126. The first kappa shape index (κ1) is 21.9. The number of benzene rings is 1. The molecule has 0 saturated heterocycles. The van der Waals surface area contributed by atoms with Gasteiger partial charge < -0.3 is 14.4 Å². The van der Waals surface area contributed by atoms with Crippen molar-refractivity contribution in [3.8, 4) is 0 Å². The average molecular weight is 348 g/mol. The fraction of sp³-hybridized carbons (Fsp3) is 0.636. The van der Waals surface area contributed by atoms with Crippen LogP contribution in [0.2, 0.25) is 0 Å². The van der Waals surface area contributed by atoms with Crippen molar-refractivity contribution in [2.75, 3.05) is 32.8 Å². The number of hydrogen-bond acceptors (Lipinski definition) is 3. The van der Waals surface area contributed by atoms with Crippen LogP contribution in [0.3, 0.4) is 0 Å². The third kappa shape index (κ3) is 7.72. The van der Waals surface area contributed by atoms with Crippen molar-refractivity contribution in [2.45, 2.75) is 59.2 Å². The Hall–Kier alpha value is -1.16. The number of allylic oxidation sites excluding steroid dienone is 1. The van der Waals surface area contributed by atoms with Crippen molar-refractivity contribution in [3.05, 3.63) is 48.0 Å². The van der Waals surface area contributed by atoms with E-state index in [0.29, 0.717) is 6.61 Å². The predicted molar refractivity (Wildman–Crippen MR) is 107 cm³/mol. The number of ether oxygens (including phenoxy) is 2. The maximum absolute atomic E-state index is 6.37. The van der Waals surface area contributed by atoms with E-state index >= 15 is 0 Å². The second-order valence-corrected chi connectivity index (χ2v) is 6.67. The third-order valence-corrected chi connectivity index (χ3v) is 4.31. The van der Waals surface area contributed by atoms with Gasteiger partial charge in [0.1, 0.15) is 5.60 Å². The molecule has 1 unspecified atom stereocenters. The zero-order chi connectivity index (χ0) is 18.5. The molecule has 0 N–H and O–H groups in total. The summed E-state index contributed by atoms with van der Waals surface area (Å²) in [5.41, 5.74) is 0.637. The van der Waals surface area contributed by atoms with Crippen molar-refractivity contribution in [3.63, 3.8) is 0 Å². The Morgan fingerprint density at radius 1 is 1.08 bits per heavy atom. The molecule has 0 aromatic heterocycles. The van der Waals surface area contributed by atoms with E-state index in [4.69, 9.17) is 9.47 Å². The van der Waals surface area contributed by atoms with Crippen molar-refractivity contribution in [1.29, 1.82) is 0 Å². The van der Waals surface area contributed by atoms with Crippen LogP contribution in [0.1, 0.15) is 53.0 Å². The molecule has 0 aliphatic carbocycles. The smallest absolute Gasteiger partial charge is 0.135 e. The molecular formula is C22H37NO2. The summed E-state index contributed by atoms with van der Waals surface area (Å²) < 4.78 is 12.5. The molecule has 1 atom stereocenters. The quantitative estimate of drug-likeness (QED) is 0.369. The van der Waals surface area contributed by atoms with E-state index < -0.39 is 5.60 Å². The first-order valence-electron chi connectivity index (χ1n) is 9.79. The summed E-state index contributed by atoms with van der Waals surface area (Å²) in [4.78, 5) is 2.43. The summed E-state index contributed by atoms with van der Waals surface area (Å²) in [6.07, 6.45) is 6.51. The summed E-state index contributed by atoms with van der Waals surface area (Å²) in [7, 11) is 0. The second-order valence-electron chi connectivity index (χ2n) is 6.67. The van der Waals surface area contributed by atoms with Gasteiger partial charge in [-0.25, -0.2) is 0 Å². The zero-order valence-electron chi connectivity index (χ0n) is 16.8. The molecule has 0 spiro atoms. The topological polar surface area (TPSA) is 21.7 Å². The lowest BCUT2D eigenvalue weighted by molar-refractivity contribution is -0.0993. The van der Waals surface area contributed by atoms with Gasteiger partial charge >= 0.3 is 0 Å². The fourth-order valence-electron chi connectivity index (χ4n) is 2.97. The Labute approximate surface area is 155 Å². The van der Waals surface area contributed by atoms with Crippen molar-refractivity contribution in [2.24, 2.45) is 0 Å². The lowest BCUT2D eigenvalue weighted by Gasteiger charge is -2.33. The van der Waals surface area contributed by atoms with Gasteiger partial charge in [0.25, 0.3) is 0 Å². The molecule has 0 aliphatic heterocycles. The minimum Gasteiger partial charge on any atom is -0.378 e. The van der Waals surface area contributed by atoms with E-state index in [-0.39, 0.29) is 6.10 Å². The number of nitrogens with zero attached hydrogens (tertiary/aromatic N) is 1. The highest BCUT2D eigenvalue weighted by Gasteiger charge is 2.31. The highest BCUT2D eigenvalue weighted by atomic mass is 16.5. The van der Waals surface area contributed by atoms with Crippen LogP contribution in [0.25, 0.3) is 0 Å². The molecule has 3 nitrogen and oxygen atoms in total. The van der Waals surface area contributed by atoms with Gasteiger partial charge in [0.2, 0.25) is 0 Å². The molecule has 0 radical (unpaired) electrons. The normalized spacial score (nSPS) is 14.5. The van der Waals surface area contributed by atoms with Crippen LogP contribution >= 0.6 is 0 Å². The average Bonchev–Trinajstić information content (AvgIpc) is 2.63. The number of hydrogen-bond donors (Lipinski definition) is 0. The first-order valence-corrected chi connectivity index (χ1v) is 9.79. The largest absolute Gasteiger partial charge is 0.378 e. The standard InChI is InChI=1S/C22H37NO2/c1-6-9-16-22(25-20(4)5,21-14-11-10-12-15-21)19-24-18-13-17-23(7-2)8-3/h9-12,14-16,20H,6-8,13,17-19H2,1-5H3/b16-9+. The third-order valence-electron chi connectivity index (χ3n) is 4.31.